The van der Waals surface area contributed by atoms with Crippen molar-refractivity contribution in [3.8, 4) is 0 Å². The minimum absolute atomic E-state index is 0.0430. The molecule has 0 spiro atoms. The number of hydrogen-bond donors (Lipinski definition) is 0. The first-order valence-corrected chi connectivity index (χ1v) is 9.56. The van der Waals surface area contributed by atoms with Crippen molar-refractivity contribution in [3.63, 3.8) is 0 Å². The van der Waals surface area contributed by atoms with E-state index in [1.165, 1.54) is 19.3 Å². The van der Waals surface area contributed by atoms with Crippen LogP contribution in [0.5, 0.6) is 0 Å². The lowest BCUT2D eigenvalue weighted by molar-refractivity contribution is -0.141. The van der Waals surface area contributed by atoms with E-state index in [1.807, 2.05) is 11.8 Å². The van der Waals surface area contributed by atoms with E-state index in [0.717, 1.165) is 31.6 Å². The predicted octanol–water partition coefficient (Wildman–Crippen LogP) is 1.90. The molecule has 3 saturated heterocycles. The van der Waals surface area contributed by atoms with Crippen molar-refractivity contribution >= 4 is 11.8 Å². The number of carbonyl (C=O) groups is 2. The third kappa shape index (κ3) is 3.14. The zero-order valence-electron chi connectivity index (χ0n) is 14.9. The number of aryl methyl sites for hydroxylation is 1. The fourth-order valence-corrected chi connectivity index (χ4v) is 4.23. The summed E-state index contributed by atoms with van der Waals surface area (Å²) in [5.74, 6) is 1.59. The smallest absolute Gasteiger partial charge is 0.257 e. The average Bonchev–Trinajstić information content (AvgIpc) is 2.89. The predicted molar refractivity (Wildman–Crippen MR) is 92.9 cm³/mol. The van der Waals surface area contributed by atoms with E-state index in [4.69, 9.17) is 0 Å². The highest BCUT2D eigenvalue weighted by atomic mass is 16.2. The molecule has 2 bridgehead atoms. The summed E-state index contributed by atoms with van der Waals surface area (Å²) >= 11 is 0. The molecule has 4 aliphatic rings. The summed E-state index contributed by atoms with van der Waals surface area (Å²) in [6.45, 7) is 4.05. The van der Waals surface area contributed by atoms with Gasteiger partial charge >= 0.3 is 0 Å². The second-order valence-electron chi connectivity index (χ2n) is 7.67. The Balaban J connectivity index is 1.50. The lowest BCUT2D eigenvalue weighted by Crippen LogP contribution is -2.50. The highest BCUT2D eigenvalue weighted by Crippen LogP contribution is 2.34. The summed E-state index contributed by atoms with van der Waals surface area (Å²) in [4.78, 5) is 38.1. The van der Waals surface area contributed by atoms with Gasteiger partial charge in [-0.05, 0) is 31.6 Å². The average molecular weight is 342 g/mol. The van der Waals surface area contributed by atoms with Crippen LogP contribution in [0.3, 0.4) is 0 Å². The molecule has 1 aromatic rings. The normalized spacial score (nSPS) is 26.5. The molecule has 4 heterocycles. The molecule has 6 nitrogen and oxygen atoms in total. The van der Waals surface area contributed by atoms with Crippen LogP contribution < -0.4 is 0 Å². The molecule has 3 aliphatic heterocycles. The van der Waals surface area contributed by atoms with Gasteiger partial charge in [0.1, 0.15) is 5.82 Å². The van der Waals surface area contributed by atoms with Crippen molar-refractivity contribution in [3.05, 3.63) is 23.8 Å². The fourth-order valence-electron chi connectivity index (χ4n) is 4.23. The number of carbonyl (C=O) groups excluding carboxylic acids is 2. The van der Waals surface area contributed by atoms with Gasteiger partial charge in [0.25, 0.3) is 5.91 Å². The molecule has 0 aromatic carbocycles. The Morgan fingerprint density at radius 2 is 1.92 bits per heavy atom. The Hall–Kier alpha value is -1.98. The maximum Gasteiger partial charge on any atom is 0.257 e. The molecular weight excluding hydrogens is 316 g/mol. The first-order valence-electron chi connectivity index (χ1n) is 9.56. The van der Waals surface area contributed by atoms with E-state index >= 15 is 0 Å². The standard InChI is InChI=1S/C19H26N4O2/c1-2-17-20-8-15(9-21-17)18(24)22-11-14-6-7-16(12-22)23(19(14)25)10-13-4-3-5-13/h8-9,13-14,16H,2-7,10-12H2,1H3. The molecular formula is C19H26N4O2. The summed E-state index contributed by atoms with van der Waals surface area (Å²) in [6.07, 6.45) is 9.68. The largest absolute Gasteiger partial charge is 0.337 e. The van der Waals surface area contributed by atoms with Crippen molar-refractivity contribution in [1.82, 2.24) is 19.8 Å². The highest BCUT2D eigenvalue weighted by molar-refractivity contribution is 5.94. The van der Waals surface area contributed by atoms with E-state index in [0.29, 0.717) is 24.6 Å². The van der Waals surface area contributed by atoms with Gasteiger partial charge in [-0.3, -0.25) is 9.59 Å². The zero-order chi connectivity index (χ0) is 17.4. The molecule has 2 atom stereocenters. The van der Waals surface area contributed by atoms with Crippen LogP contribution >= 0.6 is 0 Å². The van der Waals surface area contributed by atoms with E-state index in [-0.39, 0.29) is 23.8 Å². The van der Waals surface area contributed by atoms with Crippen LogP contribution in [0.25, 0.3) is 0 Å². The molecule has 25 heavy (non-hydrogen) atoms. The molecule has 1 aliphatic carbocycles. The second-order valence-corrected chi connectivity index (χ2v) is 7.67. The molecule has 5 rings (SSSR count). The van der Waals surface area contributed by atoms with Gasteiger partial charge in [-0.2, -0.15) is 0 Å². The fraction of sp³-hybridized carbons (Fsp3) is 0.684. The third-order valence-electron chi connectivity index (χ3n) is 6.03. The van der Waals surface area contributed by atoms with E-state index in [1.54, 1.807) is 12.4 Å². The summed E-state index contributed by atoms with van der Waals surface area (Å²) in [7, 11) is 0. The lowest BCUT2D eigenvalue weighted by atomic mass is 9.83. The van der Waals surface area contributed by atoms with Gasteiger partial charge in [-0.25, -0.2) is 9.97 Å². The Morgan fingerprint density at radius 3 is 2.56 bits per heavy atom. The molecule has 1 saturated carbocycles. The first-order chi connectivity index (χ1) is 12.2. The van der Waals surface area contributed by atoms with Gasteiger partial charge in [0.15, 0.2) is 0 Å². The maximum absolute atomic E-state index is 12.9. The number of piperidine rings is 1. The van der Waals surface area contributed by atoms with Gasteiger partial charge in [0.05, 0.1) is 11.5 Å². The van der Waals surface area contributed by atoms with Crippen LogP contribution in [0.1, 0.15) is 55.2 Å². The molecule has 0 radical (unpaired) electrons. The molecule has 2 amide bonds. The number of nitrogens with zero attached hydrogens (tertiary/aromatic N) is 4. The van der Waals surface area contributed by atoms with Gasteiger partial charge < -0.3 is 9.80 Å². The molecule has 0 N–H and O–H groups in total. The molecule has 1 aromatic heterocycles. The van der Waals surface area contributed by atoms with Crippen molar-refractivity contribution in [2.24, 2.45) is 11.8 Å². The zero-order valence-corrected chi connectivity index (χ0v) is 14.9. The van der Waals surface area contributed by atoms with Crippen LogP contribution in [0.2, 0.25) is 0 Å². The summed E-state index contributed by atoms with van der Waals surface area (Å²) < 4.78 is 0. The first kappa shape index (κ1) is 16.5. The Bertz CT molecular complexity index is 656. The van der Waals surface area contributed by atoms with Gasteiger partial charge in [0, 0.05) is 44.5 Å². The topological polar surface area (TPSA) is 66.4 Å². The summed E-state index contributed by atoms with van der Waals surface area (Å²) in [5, 5.41) is 0. The van der Waals surface area contributed by atoms with Crippen LogP contribution in [-0.2, 0) is 11.2 Å². The number of amides is 2. The molecule has 6 heteroatoms. The van der Waals surface area contributed by atoms with Gasteiger partial charge in [-0.15, -0.1) is 0 Å². The SMILES string of the molecule is CCc1ncc(C(=O)N2CC3CCC(C2)N(CC2CCC2)C3=O)cn1. The summed E-state index contributed by atoms with van der Waals surface area (Å²) in [6, 6.07) is 0.173. The van der Waals surface area contributed by atoms with Crippen molar-refractivity contribution in [2.75, 3.05) is 19.6 Å². The van der Waals surface area contributed by atoms with Crippen LogP contribution in [-0.4, -0.2) is 57.3 Å². The highest BCUT2D eigenvalue weighted by Gasteiger charge is 2.43. The number of fused-ring (bicyclic) bond motifs is 4. The van der Waals surface area contributed by atoms with Crippen LogP contribution in [0, 0.1) is 11.8 Å². The second kappa shape index (κ2) is 6.73. The minimum atomic E-state index is -0.0437. The number of aromatic nitrogens is 2. The quantitative estimate of drug-likeness (QED) is 0.838. The third-order valence-corrected chi connectivity index (χ3v) is 6.03. The number of rotatable bonds is 4. The van der Waals surface area contributed by atoms with Crippen molar-refractivity contribution < 1.29 is 9.59 Å². The molecule has 134 valence electrons. The van der Waals surface area contributed by atoms with E-state index in [9.17, 15) is 9.59 Å². The van der Waals surface area contributed by atoms with Crippen molar-refractivity contribution in [2.45, 2.75) is 51.5 Å². The Kier molecular flexibility index (Phi) is 4.44. The van der Waals surface area contributed by atoms with Gasteiger partial charge in [0.2, 0.25) is 5.91 Å². The van der Waals surface area contributed by atoms with E-state index in [2.05, 4.69) is 14.9 Å². The molecule has 2 unspecified atom stereocenters. The monoisotopic (exact) mass is 342 g/mol. The maximum atomic E-state index is 12.9. The van der Waals surface area contributed by atoms with Gasteiger partial charge in [-0.1, -0.05) is 13.3 Å². The lowest BCUT2D eigenvalue weighted by Gasteiger charge is -2.40. The minimum Gasteiger partial charge on any atom is -0.337 e. The van der Waals surface area contributed by atoms with E-state index < -0.39 is 0 Å². The number of hydrogen-bond acceptors (Lipinski definition) is 4. The van der Waals surface area contributed by atoms with Crippen molar-refractivity contribution in [1.29, 1.82) is 0 Å². The Labute approximate surface area is 148 Å². The molecule has 4 fully saturated rings. The summed E-state index contributed by atoms with van der Waals surface area (Å²) in [5.41, 5.74) is 0.525. The van der Waals surface area contributed by atoms with Crippen LogP contribution in [0.15, 0.2) is 12.4 Å². The Morgan fingerprint density at radius 1 is 1.16 bits per heavy atom. The van der Waals surface area contributed by atoms with Crippen LogP contribution in [0.4, 0.5) is 0 Å².